The maximum absolute atomic E-state index is 13.2. The van der Waals surface area contributed by atoms with Crippen LogP contribution in [0.4, 0.5) is 5.69 Å². The maximum atomic E-state index is 13.2. The molecule has 7 nitrogen and oxygen atoms in total. The summed E-state index contributed by atoms with van der Waals surface area (Å²) < 4.78 is 27.8. The van der Waals surface area contributed by atoms with E-state index in [0.29, 0.717) is 30.3 Å². The molecule has 0 unspecified atom stereocenters. The molecule has 4 rings (SSSR count). The van der Waals surface area contributed by atoms with Crippen LogP contribution in [0.1, 0.15) is 72.6 Å². The second-order valence-corrected chi connectivity index (χ2v) is 11.9. The Bertz CT molecular complexity index is 1190. The monoisotopic (exact) mass is 517 g/mol. The van der Waals surface area contributed by atoms with Crippen LogP contribution in [-0.4, -0.2) is 43.7 Å². The molecule has 35 heavy (non-hydrogen) atoms. The van der Waals surface area contributed by atoms with E-state index in [1.165, 1.54) is 28.9 Å². The van der Waals surface area contributed by atoms with E-state index in [0.717, 1.165) is 38.5 Å². The van der Waals surface area contributed by atoms with Crippen molar-refractivity contribution < 1.29 is 18.0 Å². The minimum atomic E-state index is -3.74. The molecule has 0 aromatic heterocycles. The van der Waals surface area contributed by atoms with Crippen LogP contribution in [0.25, 0.3) is 0 Å². The van der Waals surface area contributed by atoms with Gasteiger partial charge in [0.05, 0.1) is 26.7 Å². The zero-order chi connectivity index (χ0) is 25.0. The minimum absolute atomic E-state index is 0.0323. The molecular weight excluding hydrogens is 486 g/mol. The van der Waals surface area contributed by atoms with Crippen molar-refractivity contribution in [2.24, 2.45) is 5.92 Å². The van der Waals surface area contributed by atoms with Crippen molar-refractivity contribution >= 4 is 39.1 Å². The number of rotatable bonds is 6. The number of piperidine rings is 1. The van der Waals surface area contributed by atoms with E-state index in [2.05, 4.69) is 17.6 Å². The molecule has 188 valence electrons. The number of carbonyl (C=O) groups excluding carboxylic acids is 2. The molecule has 0 atom stereocenters. The van der Waals surface area contributed by atoms with Gasteiger partial charge in [-0.2, -0.15) is 4.31 Å². The van der Waals surface area contributed by atoms with Crippen molar-refractivity contribution in [1.29, 1.82) is 0 Å². The number of nitrogens with one attached hydrogen (secondary N) is 2. The second kappa shape index (κ2) is 11.1. The number of amides is 2. The molecular formula is C26H32ClN3O4S. The Labute approximate surface area is 212 Å². The van der Waals surface area contributed by atoms with E-state index in [1.807, 2.05) is 0 Å². The fourth-order valence-corrected chi connectivity index (χ4v) is 6.40. The van der Waals surface area contributed by atoms with Gasteiger partial charge in [-0.05, 0) is 61.9 Å². The van der Waals surface area contributed by atoms with Gasteiger partial charge in [-0.3, -0.25) is 9.59 Å². The Morgan fingerprint density at radius 2 is 1.60 bits per heavy atom. The topological polar surface area (TPSA) is 95.6 Å². The Balaban J connectivity index is 1.53. The van der Waals surface area contributed by atoms with E-state index in [9.17, 15) is 18.0 Å². The summed E-state index contributed by atoms with van der Waals surface area (Å²) in [6, 6.07) is 11.1. The molecule has 0 spiro atoms. The van der Waals surface area contributed by atoms with Crippen LogP contribution in [0.3, 0.4) is 0 Å². The predicted molar refractivity (Wildman–Crippen MR) is 137 cm³/mol. The van der Waals surface area contributed by atoms with Gasteiger partial charge < -0.3 is 10.6 Å². The summed E-state index contributed by atoms with van der Waals surface area (Å²) in [5.74, 6) is -0.324. The van der Waals surface area contributed by atoms with Gasteiger partial charge in [0.15, 0.2) is 0 Å². The van der Waals surface area contributed by atoms with Gasteiger partial charge in [-0.1, -0.05) is 49.9 Å². The number of nitrogens with zero attached hydrogens (tertiary/aromatic N) is 1. The lowest BCUT2D eigenvalue weighted by Gasteiger charge is -2.29. The lowest BCUT2D eigenvalue weighted by Crippen LogP contribution is -2.38. The largest absolute Gasteiger partial charge is 0.349 e. The molecule has 9 heteroatoms. The zero-order valence-electron chi connectivity index (χ0n) is 19.9. The summed E-state index contributed by atoms with van der Waals surface area (Å²) in [6.07, 6.45) is 6.89. The summed E-state index contributed by atoms with van der Waals surface area (Å²) in [6.45, 7) is 3.02. The first-order chi connectivity index (χ1) is 16.8. The number of carbonyl (C=O) groups is 2. The molecule has 1 saturated carbocycles. The van der Waals surface area contributed by atoms with E-state index in [1.54, 1.807) is 24.3 Å². The summed E-state index contributed by atoms with van der Waals surface area (Å²) in [5.41, 5.74) is 0.745. The van der Waals surface area contributed by atoms with Crippen LogP contribution in [-0.2, 0) is 10.0 Å². The molecule has 1 aliphatic carbocycles. The lowest BCUT2D eigenvalue weighted by molar-refractivity contribution is 0.0928. The molecule has 0 radical (unpaired) electrons. The molecule has 2 amide bonds. The Kier molecular flexibility index (Phi) is 8.14. The fourth-order valence-electron chi connectivity index (χ4n) is 4.70. The Hall–Kier alpha value is -2.42. The number of hydrogen-bond donors (Lipinski definition) is 2. The zero-order valence-corrected chi connectivity index (χ0v) is 21.5. The highest BCUT2D eigenvalue weighted by atomic mass is 35.5. The minimum Gasteiger partial charge on any atom is -0.349 e. The van der Waals surface area contributed by atoms with Crippen molar-refractivity contribution in [3.63, 3.8) is 0 Å². The smallest absolute Gasteiger partial charge is 0.257 e. The Morgan fingerprint density at radius 1 is 0.914 bits per heavy atom. The van der Waals surface area contributed by atoms with Gasteiger partial charge in [0.2, 0.25) is 10.0 Å². The van der Waals surface area contributed by atoms with Crippen molar-refractivity contribution in [3.8, 4) is 0 Å². The number of sulfonamides is 1. The summed E-state index contributed by atoms with van der Waals surface area (Å²) >= 11 is 6.29. The molecule has 2 aromatic carbocycles. The molecule has 1 heterocycles. The fraction of sp³-hybridized carbons (Fsp3) is 0.462. The molecule has 2 fully saturated rings. The molecule has 1 aliphatic heterocycles. The lowest BCUT2D eigenvalue weighted by atomic mass is 9.95. The van der Waals surface area contributed by atoms with Crippen LogP contribution in [0, 0.1) is 5.92 Å². The van der Waals surface area contributed by atoms with Gasteiger partial charge >= 0.3 is 0 Å². The average molecular weight is 518 g/mol. The average Bonchev–Trinajstić information content (AvgIpc) is 2.85. The highest BCUT2D eigenvalue weighted by molar-refractivity contribution is 7.89. The van der Waals surface area contributed by atoms with Gasteiger partial charge in [0, 0.05) is 19.1 Å². The summed E-state index contributed by atoms with van der Waals surface area (Å²) in [4.78, 5) is 26.1. The Morgan fingerprint density at radius 3 is 2.31 bits per heavy atom. The number of halogens is 1. The number of anilines is 1. The molecule has 2 aromatic rings. The van der Waals surface area contributed by atoms with E-state index < -0.39 is 15.9 Å². The predicted octanol–water partition coefficient (Wildman–Crippen LogP) is 5.08. The SMILES string of the molecule is CC1CCN(S(=O)(=O)c2ccc(Cl)c(C(=O)Nc3ccccc3C(=O)NC3CCCCC3)c2)CC1. The number of para-hydroxylation sites is 1. The van der Waals surface area contributed by atoms with Crippen molar-refractivity contribution in [1.82, 2.24) is 9.62 Å². The van der Waals surface area contributed by atoms with Gasteiger partial charge in [0.25, 0.3) is 11.8 Å². The number of hydrogen-bond acceptors (Lipinski definition) is 4. The third-order valence-corrected chi connectivity index (χ3v) is 9.15. The van der Waals surface area contributed by atoms with Gasteiger partial charge in [0.1, 0.15) is 0 Å². The van der Waals surface area contributed by atoms with Crippen molar-refractivity contribution in [2.45, 2.75) is 62.8 Å². The first-order valence-corrected chi connectivity index (χ1v) is 14.1. The second-order valence-electron chi connectivity index (χ2n) is 9.54. The third-order valence-electron chi connectivity index (χ3n) is 6.92. The number of benzene rings is 2. The normalized spacial score (nSPS) is 18.2. The maximum Gasteiger partial charge on any atom is 0.257 e. The molecule has 1 saturated heterocycles. The van der Waals surface area contributed by atoms with E-state index in [-0.39, 0.29) is 27.4 Å². The third kappa shape index (κ3) is 6.05. The quantitative estimate of drug-likeness (QED) is 0.558. The highest BCUT2D eigenvalue weighted by Gasteiger charge is 2.29. The molecule has 0 bridgehead atoms. The van der Waals surface area contributed by atoms with Gasteiger partial charge in [-0.25, -0.2) is 8.42 Å². The van der Waals surface area contributed by atoms with Crippen LogP contribution >= 0.6 is 11.6 Å². The van der Waals surface area contributed by atoms with E-state index >= 15 is 0 Å². The first-order valence-electron chi connectivity index (χ1n) is 12.3. The van der Waals surface area contributed by atoms with Crippen molar-refractivity contribution in [3.05, 3.63) is 58.6 Å². The van der Waals surface area contributed by atoms with Crippen LogP contribution < -0.4 is 10.6 Å². The van der Waals surface area contributed by atoms with Gasteiger partial charge in [-0.15, -0.1) is 0 Å². The van der Waals surface area contributed by atoms with Crippen molar-refractivity contribution in [2.75, 3.05) is 18.4 Å². The van der Waals surface area contributed by atoms with E-state index in [4.69, 9.17) is 11.6 Å². The first kappa shape index (κ1) is 25.7. The van der Waals surface area contributed by atoms with Crippen LogP contribution in [0.2, 0.25) is 5.02 Å². The molecule has 2 aliphatic rings. The standard InChI is InChI=1S/C26H32ClN3O4S/c1-18-13-15-30(16-14-18)35(33,34)20-11-12-23(27)22(17-20)26(32)29-24-10-6-5-9-21(24)25(31)28-19-7-3-2-4-8-19/h5-6,9-12,17-19H,2-4,7-8,13-16H2,1H3,(H,28,31)(H,29,32). The van der Waals surface area contributed by atoms with Crippen LogP contribution in [0.15, 0.2) is 47.4 Å². The summed E-state index contributed by atoms with van der Waals surface area (Å²) in [7, 11) is -3.74. The van der Waals surface area contributed by atoms with Crippen LogP contribution in [0.5, 0.6) is 0 Å². The summed E-state index contributed by atoms with van der Waals surface area (Å²) in [5, 5.41) is 5.96. The molecule has 2 N–H and O–H groups in total. The highest BCUT2D eigenvalue weighted by Crippen LogP contribution is 2.28.